The fourth-order valence-electron chi connectivity index (χ4n) is 1.64. The topological polar surface area (TPSA) is 32.3 Å². The summed E-state index contributed by atoms with van der Waals surface area (Å²) >= 11 is 0. The van der Waals surface area contributed by atoms with Crippen LogP contribution in [0.1, 0.15) is 26.2 Å². The molecule has 60 valence electrons. The Hall–Kier alpha value is -0.0800. The van der Waals surface area contributed by atoms with Gasteiger partial charge in [0.05, 0.1) is 0 Å². The lowest BCUT2D eigenvalue weighted by Gasteiger charge is -2.29. The molecule has 1 fully saturated rings. The Morgan fingerprint density at radius 3 is 3.00 bits per heavy atom. The first-order valence-electron chi connectivity index (χ1n) is 4.19. The molecular weight excluding hydrogens is 126 g/mol. The van der Waals surface area contributed by atoms with Crippen molar-refractivity contribution in [3.05, 3.63) is 0 Å². The summed E-state index contributed by atoms with van der Waals surface area (Å²) in [7, 11) is 0. The van der Waals surface area contributed by atoms with Gasteiger partial charge in [-0.3, -0.25) is 0 Å². The predicted octanol–water partition coefficient (Wildman–Crippen LogP) is 0.757. The van der Waals surface area contributed by atoms with Gasteiger partial charge in [0.25, 0.3) is 0 Å². The minimum atomic E-state index is 0.321. The Balaban J connectivity index is 2.25. The van der Waals surface area contributed by atoms with Crippen LogP contribution >= 0.6 is 0 Å². The van der Waals surface area contributed by atoms with Gasteiger partial charge in [-0.25, -0.2) is 0 Å². The normalized spacial score (nSPS) is 34.2. The quantitative estimate of drug-likeness (QED) is 0.598. The summed E-state index contributed by atoms with van der Waals surface area (Å²) in [6, 6.07) is 0.568. The van der Waals surface area contributed by atoms with Gasteiger partial charge < -0.3 is 10.4 Å². The molecule has 1 aliphatic heterocycles. The predicted molar refractivity (Wildman–Crippen MR) is 41.9 cm³/mol. The third-order valence-electron chi connectivity index (χ3n) is 2.37. The van der Waals surface area contributed by atoms with Gasteiger partial charge in [-0.1, -0.05) is 6.92 Å². The second-order valence-corrected chi connectivity index (χ2v) is 3.19. The van der Waals surface area contributed by atoms with E-state index in [0.29, 0.717) is 12.6 Å². The maximum atomic E-state index is 8.70. The van der Waals surface area contributed by atoms with E-state index in [1.165, 1.54) is 12.8 Å². The zero-order valence-corrected chi connectivity index (χ0v) is 6.64. The monoisotopic (exact) mass is 143 g/mol. The Morgan fingerprint density at radius 2 is 2.40 bits per heavy atom. The van der Waals surface area contributed by atoms with Crippen molar-refractivity contribution >= 4 is 0 Å². The van der Waals surface area contributed by atoms with E-state index in [9.17, 15) is 0 Å². The van der Waals surface area contributed by atoms with Crippen LogP contribution in [0.2, 0.25) is 0 Å². The van der Waals surface area contributed by atoms with Crippen LogP contribution in [0.4, 0.5) is 0 Å². The van der Waals surface area contributed by atoms with E-state index in [4.69, 9.17) is 5.11 Å². The zero-order valence-electron chi connectivity index (χ0n) is 6.64. The molecule has 0 saturated carbocycles. The van der Waals surface area contributed by atoms with Crippen molar-refractivity contribution in [3.63, 3.8) is 0 Å². The van der Waals surface area contributed by atoms with Gasteiger partial charge in [0.2, 0.25) is 0 Å². The molecule has 0 radical (unpaired) electrons. The molecule has 0 aliphatic carbocycles. The summed E-state index contributed by atoms with van der Waals surface area (Å²) in [5.41, 5.74) is 0. The molecule has 1 aliphatic rings. The van der Waals surface area contributed by atoms with Crippen LogP contribution in [0, 0.1) is 5.92 Å². The number of piperidine rings is 1. The molecule has 0 amide bonds. The highest BCUT2D eigenvalue weighted by molar-refractivity contribution is 4.77. The van der Waals surface area contributed by atoms with E-state index < -0.39 is 0 Å². The Bertz CT molecular complexity index is 93.3. The van der Waals surface area contributed by atoms with Crippen molar-refractivity contribution in [2.45, 2.75) is 32.2 Å². The SMILES string of the molecule is C[C@H]1CCCN[C@H]1CCO. The average molecular weight is 143 g/mol. The summed E-state index contributed by atoms with van der Waals surface area (Å²) in [5.74, 6) is 0.751. The molecule has 2 atom stereocenters. The molecule has 0 aromatic rings. The van der Waals surface area contributed by atoms with Crippen LogP contribution in [0.15, 0.2) is 0 Å². The molecule has 0 aromatic heterocycles. The highest BCUT2D eigenvalue weighted by atomic mass is 16.3. The number of nitrogens with one attached hydrogen (secondary N) is 1. The van der Waals surface area contributed by atoms with E-state index in [1.54, 1.807) is 0 Å². The number of aliphatic hydroxyl groups excluding tert-OH is 1. The van der Waals surface area contributed by atoms with Gasteiger partial charge in [0, 0.05) is 12.6 Å². The molecule has 1 saturated heterocycles. The van der Waals surface area contributed by atoms with Crippen molar-refractivity contribution in [2.24, 2.45) is 5.92 Å². The molecule has 0 bridgehead atoms. The van der Waals surface area contributed by atoms with E-state index in [2.05, 4.69) is 12.2 Å². The number of hydrogen-bond acceptors (Lipinski definition) is 2. The lowest BCUT2D eigenvalue weighted by molar-refractivity contribution is 0.217. The second kappa shape index (κ2) is 3.94. The summed E-state index contributed by atoms with van der Waals surface area (Å²) in [6.07, 6.45) is 3.53. The molecule has 1 heterocycles. The van der Waals surface area contributed by atoms with Crippen molar-refractivity contribution in [1.82, 2.24) is 5.32 Å². The summed E-state index contributed by atoms with van der Waals surface area (Å²) in [4.78, 5) is 0. The van der Waals surface area contributed by atoms with Crippen molar-refractivity contribution in [3.8, 4) is 0 Å². The first-order valence-corrected chi connectivity index (χ1v) is 4.19. The van der Waals surface area contributed by atoms with E-state index in [0.717, 1.165) is 18.9 Å². The number of aliphatic hydroxyl groups is 1. The van der Waals surface area contributed by atoms with Crippen LogP contribution in [0.25, 0.3) is 0 Å². The lowest BCUT2D eigenvalue weighted by Crippen LogP contribution is -2.40. The third-order valence-corrected chi connectivity index (χ3v) is 2.37. The van der Waals surface area contributed by atoms with Gasteiger partial charge >= 0.3 is 0 Å². The van der Waals surface area contributed by atoms with Crippen LogP contribution in [-0.2, 0) is 0 Å². The van der Waals surface area contributed by atoms with Crippen molar-refractivity contribution in [2.75, 3.05) is 13.2 Å². The molecule has 1 rings (SSSR count). The molecule has 2 N–H and O–H groups in total. The fourth-order valence-corrected chi connectivity index (χ4v) is 1.64. The maximum absolute atomic E-state index is 8.70. The van der Waals surface area contributed by atoms with E-state index in [-0.39, 0.29) is 0 Å². The van der Waals surface area contributed by atoms with Crippen LogP contribution in [-0.4, -0.2) is 24.3 Å². The fraction of sp³-hybridized carbons (Fsp3) is 1.00. The number of rotatable bonds is 2. The minimum Gasteiger partial charge on any atom is -0.396 e. The first kappa shape index (κ1) is 8.02. The Labute approximate surface area is 62.6 Å². The molecule has 2 nitrogen and oxygen atoms in total. The highest BCUT2D eigenvalue weighted by Gasteiger charge is 2.19. The van der Waals surface area contributed by atoms with Crippen LogP contribution in [0.5, 0.6) is 0 Å². The van der Waals surface area contributed by atoms with Crippen molar-refractivity contribution in [1.29, 1.82) is 0 Å². The molecule has 0 aromatic carbocycles. The van der Waals surface area contributed by atoms with Crippen LogP contribution in [0.3, 0.4) is 0 Å². The van der Waals surface area contributed by atoms with Gasteiger partial charge in [-0.15, -0.1) is 0 Å². The van der Waals surface area contributed by atoms with Gasteiger partial charge in [-0.05, 0) is 31.7 Å². The number of hydrogen-bond donors (Lipinski definition) is 2. The van der Waals surface area contributed by atoms with Crippen molar-refractivity contribution < 1.29 is 5.11 Å². The molecule has 2 heteroatoms. The Morgan fingerprint density at radius 1 is 1.60 bits per heavy atom. The van der Waals surface area contributed by atoms with E-state index in [1.807, 2.05) is 0 Å². The third kappa shape index (κ3) is 1.96. The minimum absolute atomic E-state index is 0.321. The molecule has 0 unspecified atom stereocenters. The lowest BCUT2D eigenvalue weighted by atomic mass is 9.91. The molecular formula is C8H17NO. The van der Waals surface area contributed by atoms with E-state index >= 15 is 0 Å². The first-order chi connectivity index (χ1) is 4.84. The smallest absolute Gasteiger partial charge is 0.0445 e. The second-order valence-electron chi connectivity index (χ2n) is 3.19. The molecule has 10 heavy (non-hydrogen) atoms. The summed E-state index contributed by atoms with van der Waals surface area (Å²) in [5, 5.41) is 12.1. The summed E-state index contributed by atoms with van der Waals surface area (Å²) in [6.45, 7) is 3.71. The molecule has 0 spiro atoms. The maximum Gasteiger partial charge on any atom is 0.0445 e. The highest BCUT2D eigenvalue weighted by Crippen LogP contribution is 2.17. The van der Waals surface area contributed by atoms with Gasteiger partial charge in [-0.2, -0.15) is 0 Å². The zero-order chi connectivity index (χ0) is 7.40. The summed E-state index contributed by atoms with van der Waals surface area (Å²) < 4.78 is 0. The largest absolute Gasteiger partial charge is 0.396 e. The Kier molecular flexibility index (Phi) is 3.16. The van der Waals surface area contributed by atoms with Crippen LogP contribution < -0.4 is 5.32 Å². The van der Waals surface area contributed by atoms with Gasteiger partial charge in [0.15, 0.2) is 0 Å². The average Bonchev–Trinajstić information content (AvgIpc) is 1.94. The standard InChI is InChI=1S/C8H17NO/c1-7-3-2-5-9-8(7)4-6-10/h7-10H,2-6H2,1H3/t7-,8-/m0/s1. The van der Waals surface area contributed by atoms with Gasteiger partial charge in [0.1, 0.15) is 0 Å².